The van der Waals surface area contributed by atoms with Gasteiger partial charge in [0, 0.05) is 36.7 Å². The quantitative estimate of drug-likeness (QED) is 0.777. The molecule has 1 aromatic carbocycles. The van der Waals surface area contributed by atoms with Gasteiger partial charge in [-0.1, -0.05) is 23.7 Å². The van der Waals surface area contributed by atoms with E-state index >= 15 is 0 Å². The molecule has 1 atom stereocenters. The van der Waals surface area contributed by atoms with Crippen LogP contribution in [0.1, 0.15) is 39.2 Å². The highest BCUT2D eigenvalue weighted by molar-refractivity contribution is 6.30. The van der Waals surface area contributed by atoms with E-state index in [4.69, 9.17) is 21.1 Å². The number of carbonyl (C=O) groups excluding carboxylic acids is 1. The predicted molar refractivity (Wildman–Crippen MR) is 107 cm³/mol. The number of morpholine rings is 1. The fraction of sp³-hybridized carbons (Fsp3) is 0.667. The van der Waals surface area contributed by atoms with Gasteiger partial charge < -0.3 is 14.4 Å². The second kappa shape index (κ2) is 8.80. The van der Waals surface area contributed by atoms with Crippen molar-refractivity contribution in [2.24, 2.45) is 0 Å². The molecule has 2 heterocycles. The lowest BCUT2D eigenvalue weighted by molar-refractivity contribution is -0.0432. The molecular weight excluding hydrogens is 364 g/mol. The lowest BCUT2D eigenvalue weighted by atomic mass is 9.97. The SMILES string of the molecule is CC(C)(C)OC(=O)N1CCC(N2CCOC[C@@H]2Cc2ccc(Cl)cc2)CC1. The number of piperidine rings is 1. The highest BCUT2D eigenvalue weighted by atomic mass is 35.5. The monoisotopic (exact) mass is 394 g/mol. The van der Waals surface area contributed by atoms with Crippen molar-refractivity contribution in [3.05, 3.63) is 34.9 Å². The first-order chi connectivity index (χ1) is 12.8. The molecule has 1 amide bonds. The van der Waals surface area contributed by atoms with Crippen LogP contribution in [0.15, 0.2) is 24.3 Å². The highest BCUT2D eigenvalue weighted by Crippen LogP contribution is 2.24. The van der Waals surface area contributed by atoms with Gasteiger partial charge in [-0.3, -0.25) is 4.90 Å². The molecule has 150 valence electrons. The van der Waals surface area contributed by atoms with Crippen LogP contribution in [0.5, 0.6) is 0 Å². The molecule has 0 unspecified atom stereocenters. The average Bonchev–Trinajstić information content (AvgIpc) is 2.63. The summed E-state index contributed by atoms with van der Waals surface area (Å²) in [4.78, 5) is 16.7. The van der Waals surface area contributed by atoms with Crippen LogP contribution in [0, 0.1) is 0 Å². The fourth-order valence-corrected chi connectivity index (χ4v) is 4.05. The van der Waals surface area contributed by atoms with E-state index in [0.29, 0.717) is 12.1 Å². The number of benzene rings is 1. The van der Waals surface area contributed by atoms with E-state index in [9.17, 15) is 4.79 Å². The molecule has 0 spiro atoms. The maximum absolute atomic E-state index is 12.3. The van der Waals surface area contributed by atoms with Crippen LogP contribution in [0.25, 0.3) is 0 Å². The zero-order valence-electron chi connectivity index (χ0n) is 16.6. The summed E-state index contributed by atoms with van der Waals surface area (Å²) in [6.45, 7) is 9.73. The average molecular weight is 395 g/mol. The van der Waals surface area contributed by atoms with Gasteiger partial charge in [0.25, 0.3) is 0 Å². The van der Waals surface area contributed by atoms with Gasteiger partial charge in [0.1, 0.15) is 5.60 Å². The minimum Gasteiger partial charge on any atom is -0.444 e. The minimum absolute atomic E-state index is 0.194. The van der Waals surface area contributed by atoms with E-state index < -0.39 is 5.60 Å². The number of halogens is 1. The molecule has 27 heavy (non-hydrogen) atoms. The third-order valence-corrected chi connectivity index (χ3v) is 5.49. The summed E-state index contributed by atoms with van der Waals surface area (Å²) in [5, 5.41) is 0.769. The Kier molecular flexibility index (Phi) is 6.66. The molecule has 0 N–H and O–H groups in total. The van der Waals surface area contributed by atoms with Crippen LogP contribution in [-0.4, -0.2) is 66.4 Å². The summed E-state index contributed by atoms with van der Waals surface area (Å²) in [6, 6.07) is 8.96. The van der Waals surface area contributed by atoms with Crippen LogP contribution in [0.2, 0.25) is 5.02 Å². The molecule has 0 saturated carbocycles. The van der Waals surface area contributed by atoms with Gasteiger partial charge in [-0.15, -0.1) is 0 Å². The summed E-state index contributed by atoms with van der Waals surface area (Å²) in [5.74, 6) is 0. The maximum atomic E-state index is 12.3. The number of hydrogen-bond donors (Lipinski definition) is 0. The van der Waals surface area contributed by atoms with Gasteiger partial charge in [0.15, 0.2) is 0 Å². The van der Waals surface area contributed by atoms with Crippen LogP contribution in [-0.2, 0) is 15.9 Å². The van der Waals surface area contributed by atoms with E-state index in [0.717, 1.165) is 57.1 Å². The summed E-state index contributed by atoms with van der Waals surface area (Å²) in [6.07, 6.45) is 2.73. The second-order valence-corrected chi connectivity index (χ2v) is 8.93. The Hall–Kier alpha value is -1.30. The molecule has 2 aliphatic heterocycles. The van der Waals surface area contributed by atoms with Crippen LogP contribution < -0.4 is 0 Å². The van der Waals surface area contributed by atoms with Crippen molar-refractivity contribution in [3.8, 4) is 0 Å². The summed E-state index contributed by atoms with van der Waals surface area (Å²) >= 11 is 6.01. The van der Waals surface area contributed by atoms with Gasteiger partial charge >= 0.3 is 6.09 Å². The Bertz CT molecular complexity index is 621. The molecule has 0 radical (unpaired) electrons. The van der Waals surface area contributed by atoms with Gasteiger partial charge in [0.2, 0.25) is 0 Å². The van der Waals surface area contributed by atoms with Crippen molar-refractivity contribution < 1.29 is 14.3 Å². The molecule has 2 saturated heterocycles. The van der Waals surface area contributed by atoms with Crippen molar-refractivity contribution in [2.45, 2.75) is 57.7 Å². The summed E-state index contributed by atoms with van der Waals surface area (Å²) < 4.78 is 11.3. The largest absolute Gasteiger partial charge is 0.444 e. The predicted octanol–water partition coefficient (Wildman–Crippen LogP) is 3.98. The van der Waals surface area contributed by atoms with Crippen LogP contribution >= 0.6 is 11.6 Å². The number of nitrogens with zero attached hydrogens (tertiary/aromatic N) is 2. The van der Waals surface area contributed by atoms with Crippen molar-refractivity contribution in [1.82, 2.24) is 9.80 Å². The van der Waals surface area contributed by atoms with Gasteiger partial charge in [-0.25, -0.2) is 4.79 Å². The first-order valence-corrected chi connectivity index (χ1v) is 10.3. The van der Waals surface area contributed by atoms with Crippen molar-refractivity contribution in [2.75, 3.05) is 32.8 Å². The Morgan fingerprint density at radius 1 is 1.19 bits per heavy atom. The zero-order valence-corrected chi connectivity index (χ0v) is 17.4. The number of amides is 1. The number of likely N-dealkylation sites (tertiary alicyclic amines) is 1. The van der Waals surface area contributed by atoms with Gasteiger partial charge in [-0.05, 0) is 57.7 Å². The smallest absolute Gasteiger partial charge is 0.410 e. The first-order valence-electron chi connectivity index (χ1n) is 9.88. The molecule has 6 heteroatoms. The van der Waals surface area contributed by atoms with Gasteiger partial charge in [-0.2, -0.15) is 0 Å². The van der Waals surface area contributed by atoms with E-state index in [1.807, 2.05) is 37.8 Å². The van der Waals surface area contributed by atoms with Crippen molar-refractivity contribution in [3.63, 3.8) is 0 Å². The molecular formula is C21H31ClN2O3. The number of hydrogen-bond acceptors (Lipinski definition) is 4. The van der Waals surface area contributed by atoms with E-state index in [1.54, 1.807) is 0 Å². The molecule has 5 nitrogen and oxygen atoms in total. The van der Waals surface area contributed by atoms with Crippen LogP contribution in [0.3, 0.4) is 0 Å². The van der Waals surface area contributed by atoms with Crippen molar-refractivity contribution in [1.29, 1.82) is 0 Å². The summed E-state index contributed by atoms with van der Waals surface area (Å²) in [5.41, 5.74) is 0.841. The topological polar surface area (TPSA) is 42.0 Å². The minimum atomic E-state index is -0.443. The normalized spacial score (nSPS) is 22.7. The van der Waals surface area contributed by atoms with E-state index in [2.05, 4.69) is 17.0 Å². The van der Waals surface area contributed by atoms with Gasteiger partial charge in [0.05, 0.1) is 13.2 Å². The van der Waals surface area contributed by atoms with E-state index in [1.165, 1.54) is 5.56 Å². The molecule has 2 fully saturated rings. The Morgan fingerprint density at radius 2 is 1.85 bits per heavy atom. The maximum Gasteiger partial charge on any atom is 0.410 e. The molecule has 2 aliphatic rings. The summed E-state index contributed by atoms with van der Waals surface area (Å²) in [7, 11) is 0. The van der Waals surface area contributed by atoms with E-state index in [-0.39, 0.29) is 6.09 Å². The zero-order chi connectivity index (χ0) is 19.4. The molecule has 0 bridgehead atoms. The highest BCUT2D eigenvalue weighted by Gasteiger charge is 2.34. The second-order valence-electron chi connectivity index (χ2n) is 8.50. The molecule has 1 aromatic rings. The number of carbonyl (C=O) groups is 1. The van der Waals surface area contributed by atoms with Crippen molar-refractivity contribution >= 4 is 17.7 Å². The van der Waals surface area contributed by atoms with Crippen LogP contribution in [0.4, 0.5) is 4.79 Å². The lowest BCUT2D eigenvalue weighted by Crippen LogP contribution is -2.55. The Morgan fingerprint density at radius 3 is 2.48 bits per heavy atom. The fourth-order valence-electron chi connectivity index (χ4n) is 3.92. The molecule has 3 rings (SSSR count). The Labute approximate surface area is 167 Å². The molecule has 0 aromatic heterocycles. The first kappa shape index (κ1) is 20.4. The number of rotatable bonds is 3. The third kappa shape index (κ3) is 5.84. The number of ether oxygens (including phenoxy) is 2. The molecule has 0 aliphatic carbocycles. The lowest BCUT2D eigenvalue weighted by Gasteiger charge is -2.44. The standard InChI is InChI=1S/C21H31ClN2O3/c1-21(2,3)27-20(25)23-10-8-18(9-11-23)24-12-13-26-15-19(24)14-16-4-6-17(22)7-5-16/h4-7,18-19H,8-15H2,1-3H3/t19-/m0/s1. The Balaban J connectivity index is 1.56. The third-order valence-electron chi connectivity index (χ3n) is 5.24.